The monoisotopic (exact) mass is 266 g/mol. The minimum atomic E-state index is -0.718. The number of amides is 1. The predicted octanol–water partition coefficient (Wildman–Crippen LogP) is 2.06. The van der Waals surface area contributed by atoms with Crippen molar-refractivity contribution < 1.29 is 13.6 Å². The number of halogens is 2. The second-order valence-electron chi connectivity index (χ2n) is 5.49. The lowest BCUT2D eigenvalue weighted by molar-refractivity contribution is 0.0574. The Bertz CT molecular complexity index is 486. The molecule has 2 aliphatic rings. The van der Waals surface area contributed by atoms with Crippen LogP contribution in [0.1, 0.15) is 36.0 Å². The number of hydrogen-bond acceptors (Lipinski definition) is 2. The van der Waals surface area contributed by atoms with Crippen LogP contribution in [0.3, 0.4) is 0 Å². The molecular formula is C14H16F2N2O. The zero-order valence-corrected chi connectivity index (χ0v) is 10.5. The Balaban J connectivity index is 1.88. The number of rotatable bonds is 1. The fraction of sp³-hybridized carbons (Fsp3) is 0.500. The van der Waals surface area contributed by atoms with Crippen molar-refractivity contribution in [2.45, 2.75) is 43.8 Å². The van der Waals surface area contributed by atoms with Crippen molar-refractivity contribution in [3.05, 3.63) is 35.4 Å². The van der Waals surface area contributed by atoms with Gasteiger partial charge in [-0.1, -0.05) is 0 Å². The summed E-state index contributed by atoms with van der Waals surface area (Å²) in [5.41, 5.74) is 6.03. The zero-order valence-electron chi connectivity index (χ0n) is 10.5. The summed E-state index contributed by atoms with van der Waals surface area (Å²) in [4.78, 5) is 14.2. The Kier molecular flexibility index (Phi) is 3.01. The largest absolute Gasteiger partial charge is 0.333 e. The summed E-state index contributed by atoms with van der Waals surface area (Å²) in [5.74, 6) is -1.72. The second-order valence-corrected chi connectivity index (χ2v) is 5.49. The summed E-state index contributed by atoms with van der Waals surface area (Å²) in [5, 5.41) is 0. The minimum Gasteiger partial charge on any atom is -0.333 e. The Morgan fingerprint density at radius 1 is 1.11 bits per heavy atom. The molecule has 1 aromatic rings. The van der Waals surface area contributed by atoms with Gasteiger partial charge in [-0.15, -0.1) is 0 Å². The van der Waals surface area contributed by atoms with Gasteiger partial charge in [-0.3, -0.25) is 4.79 Å². The van der Waals surface area contributed by atoms with Crippen molar-refractivity contribution in [3.8, 4) is 0 Å². The number of piperidine rings is 1. The molecule has 1 amide bonds. The molecule has 1 aromatic carbocycles. The topological polar surface area (TPSA) is 46.3 Å². The predicted molar refractivity (Wildman–Crippen MR) is 66.5 cm³/mol. The van der Waals surface area contributed by atoms with E-state index in [-0.39, 0.29) is 29.6 Å². The van der Waals surface area contributed by atoms with Gasteiger partial charge in [0.15, 0.2) is 0 Å². The molecule has 3 nitrogen and oxygen atoms in total. The Morgan fingerprint density at radius 2 is 1.63 bits per heavy atom. The van der Waals surface area contributed by atoms with Crippen LogP contribution < -0.4 is 5.73 Å². The molecule has 3 rings (SSSR count). The molecule has 5 heteroatoms. The van der Waals surface area contributed by atoms with Gasteiger partial charge in [0.05, 0.1) is 0 Å². The molecule has 2 unspecified atom stereocenters. The van der Waals surface area contributed by atoms with Crippen LogP contribution in [0.15, 0.2) is 18.2 Å². The molecule has 0 aromatic heterocycles. The maximum absolute atomic E-state index is 13.2. The van der Waals surface area contributed by atoms with E-state index in [1.54, 1.807) is 4.90 Å². The molecule has 102 valence electrons. The number of nitrogens with two attached hydrogens (primary N) is 1. The van der Waals surface area contributed by atoms with E-state index in [1.165, 1.54) is 0 Å². The normalized spacial score (nSPS) is 29.6. The lowest BCUT2D eigenvalue weighted by Gasteiger charge is -2.37. The smallest absolute Gasteiger partial charge is 0.254 e. The van der Waals surface area contributed by atoms with E-state index in [2.05, 4.69) is 0 Å². The van der Waals surface area contributed by atoms with E-state index in [1.807, 2.05) is 0 Å². The summed E-state index contributed by atoms with van der Waals surface area (Å²) in [7, 11) is 0. The second kappa shape index (κ2) is 4.56. The third-order valence-corrected chi connectivity index (χ3v) is 4.11. The average Bonchev–Trinajstić information content (AvgIpc) is 2.59. The molecule has 2 N–H and O–H groups in total. The maximum Gasteiger partial charge on any atom is 0.254 e. The van der Waals surface area contributed by atoms with Gasteiger partial charge in [-0.25, -0.2) is 8.78 Å². The number of nitrogens with zero attached hydrogens (tertiary/aromatic N) is 1. The van der Waals surface area contributed by atoms with Crippen molar-refractivity contribution in [2.75, 3.05) is 0 Å². The lowest BCUT2D eigenvalue weighted by atomic mass is 9.97. The van der Waals surface area contributed by atoms with Crippen molar-refractivity contribution in [2.24, 2.45) is 5.73 Å². The first kappa shape index (κ1) is 12.5. The summed E-state index contributed by atoms with van der Waals surface area (Å²) in [6.07, 6.45) is 3.42. The maximum atomic E-state index is 13.2. The summed E-state index contributed by atoms with van der Waals surface area (Å²) in [6, 6.07) is 3.34. The van der Waals surface area contributed by atoms with Crippen molar-refractivity contribution in [3.63, 3.8) is 0 Å². The number of benzene rings is 1. The van der Waals surface area contributed by atoms with Crippen LogP contribution in [-0.2, 0) is 0 Å². The fourth-order valence-electron chi connectivity index (χ4n) is 3.38. The minimum absolute atomic E-state index is 0.0878. The third kappa shape index (κ3) is 2.23. The molecule has 19 heavy (non-hydrogen) atoms. The highest BCUT2D eigenvalue weighted by Crippen LogP contribution is 2.36. The van der Waals surface area contributed by atoms with Gasteiger partial charge in [0, 0.05) is 29.8 Å². The molecule has 0 saturated carbocycles. The van der Waals surface area contributed by atoms with Crippen molar-refractivity contribution >= 4 is 5.91 Å². The van der Waals surface area contributed by atoms with Crippen molar-refractivity contribution in [1.29, 1.82) is 0 Å². The first-order valence-corrected chi connectivity index (χ1v) is 6.59. The van der Waals surface area contributed by atoms with E-state index in [0.29, 0.717) is 0 Å². The number of hydrogen-bond donors (Lipinski definition) is 1. The molecule has 2 bridgehead atoms. The van der Waals surface area contributed by atoms with E-state index >= 15 is 0 Å². The third-order valence-electron chi connectivity index (χ3n) is 4.11. The van der Waals surface area contributed by atoms with Gasteiger partial charge in [0.1, 0.15) is 11.6 Å². The van der Waals surface area contributed by atoms with Crippen LogP contribution >= 0.6 is 0 Å². The first-order chi connectivity index (χ1) is 9.04. The molecule has 2 aliphatic heterocycles. The quantitative estimate of drug-likeness (QED) is 0.845. The van der Waals surface area contributed by atoms with Crippen LogP contribution in [0.2, 0.25) is 0 Å². The van der Waals surface area contributed by atoms with Crippen LogP contribution in [0.25, 0.3) is 0 Å². The molecule has 2 saturated heterocycles. The van der Waals surface area contributed by atoms with Gasteiger partial charge < -0.3 is 10.6 Å². The number of carbonyl (C=O) groups excluding carboxylic acids is 1. The zero-order chi connectivity index (χ0) is 13.6. The summed E-state index contributed by atoms with van der Waals surface area (Å²) < 4.78 is 26.4. The van der Waals surface area contributed by atoms with E-state index < -0.39 is 11.6 Å². The molecule has 0 spiro atoms. The van der Waals surface area contributed by atoms with Gasteiger partial charge in [0.2, 0.25) is 0 Å². The van der Waals surface area contributed by atoms with E-state index in [0.717, 1.165) is 43.9 Å². The highest BCUT2D eigenvalue weighted by atomic mass is 19.1. The molecule has 0 radical (unpaired) electrons. The van der Waals surface area contributed by atoms with Gasteiger partial charge in [0.25, 0.3) is 5.91 Å². The van der Waals surface area contributed by atoms with Gasteiger partial charge >= 0.3 is 0 Å². The van der Waals surface area contributed by atoms with E-state index in [9.17, 15) is 13.6 Å². The van der Waals surface area contributed by atoms with Crippen LogP contribution in [0.4, 0.5) is 8.78 Å². The fourth-order valence-corrected chi connectivity index (χ4v) is 3.38. The summed E-state index contributed by atoms with van der Waals surface area (Å²) >= 11 is 0. The Hall–Kier alpha value is -1.49. The lowest BCUT2D eigenvalue weighted by Crippen LogP contribution is -2.50. The Morgan fingerprint density at radius 3 is 2.16 bits per heavy atom. The molecule has 0 aliphatic carbocycles. The SMILES string of the molecule is NC1CC2CCC(C1)N2C(=O)c1cc(F)cc(F)c1. The highest BCUT2D eigenvalue weighted by Gasteiger charge is 2.42. The molecule has 2 atom stereocenters. The van der Waals surface area contributed by atoms with Crippen molar-refractivity contribution in [1.82, 2.24) is 4.90 Å². The molecular weight excluding hydrogens is 250 g/mol. The van der Waals surface area contributed by atoms with Crippen LogP contribution in [-0.4, -0.2) is 28.9 Å². The summed E-state index contributed by atoms with van der Waals surface area (Å²) in [6.45, 7) is 0. The molecule has 2 fully saturated rings. The van der Waals surface area contributed by atoms with Crippen LogP contribution in [0, 0.1) is 11.6 Å². The van der Waals surface area contributed by atoms with Gasteiger partial charge in [-0.05, 0) is 37.8 Å². The number of carbonyl (C=O) groups is 1. The van der Waals surface area contributed by atoms with E-state index in [4.69, 9.17) is 5.73 Å². The highest BCUT2D eigenvalue weighted by molar-refractivity contribution is 5.95. The Labute approximate surface area is 110 Å². The van der Waals surface area contributed by atoms with Crippen LogP contribution in [0.5, 0.6) is 0 Å². The first-order valence-electron chi connectivity index (χ1n) is 6.59. The average molecular weight is 266 g/mol. The molecule has 2 heterocycles. The van der Waals surface area contributed by atoms with Gasteiger partial charge in [-0.2, -0.15) is 0 Å². The standard InChI is InChI=1S/C14H16F2N2O/c15-9-3-8(4-10(16)5-9)14(19)18-12-1-2-13(18)7-11(17)6-12/h3-5,11-13H,1-2,6-7,17H2. The number of fused-ring (bicyclic) bond motifs is 2.